The molecular formula is C25H34N2O4. The highest BCUT2D eigenvalue weighted by Gasteiger charge is 2.26. The number of piperidine rings is 1. The molecule has 2 aromatic carbocycles. The van der Waals surface area contributed by atoms with Gasteiger partial charge in [-0.15, -0.1) is 0 Å². The maximum Gasteiger partial charge on any atom is 0.410 e. The third kappa shape index (κ3) is 7.39. The molecule has 0 bridgehead atoms. The molecule has 1 amide bonds. The van der Waals surface area contributed by atoms with Crippen LogP contribution < -0.4 is 15.2 Å². The first kappa shape index (κ1) is 22.8. The zero-order chi connectivity index (χ0) is 22.3. The maximum absolute atomic E-state index is 12.2. The average molecular weight is 427 g/mol. The van der Waals surface area contributed by atoms with E-state index in [2.05, 4.69) is 0 Å². The minimum absolute atomic E-state index is 0.220. The van der Waals surface area contributed by atoms with Gasteiger partial charge in [0.1, 0.15) is 23.7 Å². The Bertz CT molecular complexity index is 840. The molecule has 0 unspecified atom stereocenters. The second-order valence-corrected chi connectivity index (χ2v) is 9.02. The largest absolute Gasteiger partial charge is 0.491 e. The van der Waals surface area contributed by atoms with Gasteiger partial charge in [0.15, 0.2) is 0 Å². The van der Waals surface area contributed by atoms with Crippen molar-refractivity contribution in [3.8, 4) is 11.5 Å². The molecule has 6 nitrogen and oxygen atoms in total. The van der Waals surface area contributed by atoms with Crippen molar-refractivity contribution < 1.29 is 19.0 Å². The Hall–Kier alpha value is -2.89. The molecule has 1 saturated heterocycles. The molecule has 1 fully saturated rings. The lowest BCUT2D eigenvalue weighted by Gasteiger charge is -2.33. The summed E-state index contributed by atoms with van der Waals surface area (Å²) in [5, 5.41) is 0. The van der Waals surface area contributed by atoms with Gasteiger partial charge in [-0.05, 0) is 63.6 Å². The molecule has 2 N–H and O–H groups in total. The molecule has 31 heavy (non-hydrogen) atoms. The van der Waals surface area contributed by atoms with E-state index in [4.69, 9.17) is 19.9 Å². The highest BCUT2D eigenvalue weighted by Crippen LogP contribution is 2.29. The molecule has 2 aromatic rings. The fourth-order valence-corrected chi connectivity index (χ4v) is 3.54. The van der Waals surface area contributed by atoms with Crippen LogP contribution in [0.5, 0.6) is 11.5 Å². The quantitative estimate of drug-likeness (QED) is 0.611. The van der Waals surface area contributed by atoms with Crippen molar-refractivity contribution in [2.45, 2.75) is 52.2 Å². The summed E-state index contributed by atoms with van der Waals surface area (Å²) in [4.78, 5) is 14.0. The van der Waals surface area contributed by atoms with Gasteiger partial charge in [0.05, 0.1) is 12.3 Å². The van der Waals surface area contributed by atoms with Gasteiger partial charge in [0, 0.05) is 19.2 Å². The highest BCUT2D eigenvalue weighted by atomic mass is 16.6. The molecule has 1 aliphatic heterocycles. The second-order valence-electron chi connectivity index (χ2n) is 9.02. The molecule has 1 aliphatic rings. The standard InChI is InChI=1S/C25H34N2O4/c1-25(2,3)31-24(28)27-14-11-19(12-15-27)13-16-29-23-17-21(9-10-22(23)26)30-18-20-7-5-4-6-8-20/h4-10,17,19H,11-16,18,26H2,1-3H3. The Kier molecular flexibility index (Phi) is 7.66. The van der Waals surface area contributed by atoms with E-state index in [9.17, 15) is 4.79 Å². The van der Waals surface area contributed by atoms with Gasteiger partial charge in [0.25, 0.3) is 0 Å². The third-order valence-corrected chi connectivity index (χ3v) is 5.28. The average Bonchev–Trinajstić information content (AvgIpc) is 2.74. The third-order valence-electron chi connectivity index (χ3n) is 5.28. The predicted octanol–water partition coefficient (Wildman–Crippen LogP) is 5.26. The number of likely N-dealkylation sites (tertiary alicyclic amines) is 1. The van der Waals surface area contributed by atoms with Gasteiger partial charge >= 0.3 is 6.09 Å². The molecule has 3 rings (SSSR count). The number of amides is 1. The molecule has 1 heterocycles. The Morgan fingerprint density at radius 1 is 1.06 bits per heavy atom. The number of rotatable bonds is 7. The van der Waals surface area contributed by atoms with Crippen molar-refractivity contribution in [2.75, 3.05) is 25.4 Å². The molecular weight excluding hydrogens is 392 g/mol. The Morgan fingerprint density at radius 2 is 1.77 bits per heavy atom. The lowest BCUT2D eigenvalue weighted by molar-refractivity contribution is 0.0177. The minimum atomic E-state index is -0.457. The summed E-state index contributed by atoms with van der Waals surface area (Å²) in [6, 6.07) is 15.6. The van der Waals surface area contributed by atoms with E-state index in [1.807, 2.05) is 69.3 Å². The molecule has 0 aliphatic carbocycles. The van der Waals surface area contributed by atoms with Crippen molar-refractivity contribution in [3.63, 3.8) is 0 Å². The lowest BCUT2D eigenvalue weighted by atomic mass is 9.94. The monoisotopic (exact) mass is 426 g/mol. The summed E-state index contributed by atoms with van der Waals surface area (Å²) >= 11 is 0. The van der Waals surface area contributed by atoms with Crippen LogP contribution in [0.1, 0.15) is 45.6 Å². The van der Waals surface area contributed by atoms with Crippen molar-refractivity contribution in [2.24, 2.45) is 5.92 Å². The van der Waals surface area contributed by atoms with Crippen LogP contribution in [0.15, 0.2) is 48.5 Å². The number of benzene rings is 2. The van der Waals surface area contributed by atoms with Gasteiger partial charge < -0.3 is 24.8 Å². The van der Waals surface area contributed by atoms with Crippen LogP contribution in [0, 0.1) is 5.92 Å². The summed E-state index contributed by atoms with van der Waals surface area (Å²) in [7, 11) is 0. The predicted molar refractivity (Wildman–Crippen MR) is 122 cm³/mol. The van der Waals surface area contributed by atoms with E-state index in [1.165, 1.54) is 0 Å². The number of nitrogens with zero attached hydrogens (tertiary/aromatic N) is 1. The van der Waals surface area contributed by atoms with Crippen LogP contribution >= 0.6 is 0 Å². The maximum atomic E-state index is 12.2. The van der Waals surface area contributed by atoms with Gasteiger partial charge in [-0.3, -0.25) is 0 Å². The summed E-state index contributed by atoms with van der Waals surface area (Å²) in [6.45, 7) is 8.21. The fraction of sp³-hybridized carbons (Fsp3) is 0.480. The molecule has 0 aromatic heterocycles. The molecule has 0 saturated carbocycles. The Labute approximate surface area is 185 Å². The number of carbonyl (C=O) groups excluding carboxylic acids is 1. The van der Waals surface area contributed by atoms with E-state index in [0.717, 1.165) is 43.7 Å². The topological polar surface area (TPSA) is 74.0 Å². The van der Waals surface area contributed by atoms with Crippen LogP contribution in [-0.4, -0.2) is 36.3 Å². The summed E-state index contributed by atoms with van der Waals surface area (Å²) in [6.07, 6.45) is 2.62. The van der Waals surface area contributed by atoms with Gasteiger partial charge in [-0.2, -0.15) is 0 Å². The van der Waals surface area contributed by atoms with Crippen molar-refractivity contribution >= 4 is 11.8 Å². The zero-order valence-electron chi connectivity index (χ0n) is 18.8. The normalized spacial score (nSPS) is 14.9. The fourth-order valence-electron chi connectivity index (χ4n) is 3.54. The highest BCUT2D eigenvalue weighted by molar-refractivity contribution is 5.68. The number of nitrogens with two attached hydrogens (primary N) is 1. The van der Waals surface area contributed by atoms with Crippen LogP contribution in [0.4, 0.5) is 10.5 Å². The van der Waals surface area contributed by atoms with Crippen LogP contribution in [0.3, 0.4) is 0 Å². The molecule has 0 radical (unpaired) electrons. The van der Waals surface area contributed by atoms with E-state index in [0.29, 0.717) is 30.6 Å². The summed E-state index contributed by atoms with van der Waals surface area (Å²) in [5.41, 5.74) is 7.34. The zero-order valence-corrected chi connectivity index (χ0v) is 18.8. The van der Waals surface area contributed by atoms with E-state index < -0.39 is 5.60 Å². The van der Waals surface area contributed by atoms with E-state index >= 15 is 0 Å². The number of carbonyl (C=O) groups is 1. The van der Waals surface area contributed by atoms with Crippen LogP contribution in [0.25, 0.3) is 0 Å². The van der Waals surface area contributed by atoms with Crippen molar-refractivity contribution in [1.82, 2.24) is 4.90 Å². The number of ether oxygens (including phenoxy) is 3. The smallest absolute Gasteiger partial charge is 0.410 e. The second kappa shape index (κ2) is 10.4. The number of nitrogen functional groups attached to an aromatic ring is 1. The van der Waals surface area contributed by atoms with Gasteiger partial charge in [-0.1, -0.05) is 30.3 Å². The summed E-state index contributed by atoms with van der Waals surface area (Å²) in [5.74, 6) is 1.91. The van der Waals surface area contributed by atoms with Crippen molar-refractivity contribution in [3.05, 3.63) is 54.1 Å². The first-order valence-electron chi connectivity index (χ1n) is 11.0. The number of hydrogen-bond acceptors (Lipinski definition) is 5. The Morgan fingerprint density at radius 3 is 2.45 bits per heavy atom. The molecule has 6 heteroatoms. The summed E-state index contributed by atoms with van der Waals surface area (Å²) < 4.78 is 17.3. The van der Waals surface area contributed by atoms with Gasteiger partial charge in [-0.25, -0.2) is 4.79 Å². The lowest BCUT2D eigenvalue weighted by Crippen LogP contribution is -2.41. The number of hydrogen-bond donors (Lipinski definition) is 1. The van der Waals surface area contributed by atoms with Crippen molar-refractivity contribution in [1.29, 1.82) is 0 Å². The first-order valence-corrected chi connectivity index (χ1v) is 11.0. The van der Waals surface area contributed by atoms with Crippen LogP contribution in [-0.2, 0) is 11.3 Å². The van der Waals surface area contributed by atoms with E-state index in [-0.39, 0.29) is 6.09 Å². The Balaban J connectivity index is 1.42. The molecule has 0 atom stereocenters. The van der Waals surface area contributed by atoms with E-state index in [1.54, 1.807) is 4.90 Å². The number of anilines is 1. The van der Waals surface area contributed by atoms with Crippen LogP contribution in [0.2, 0.25) is 0 Å². The minimum Gasteiger partial charge on any atom is -0.491 e. The molecule has 0 spiro atoms. The van der Waals surface area contributed by atoms with Gasteiger partial charge in [0.2, 0.25) is 0 Å². The first-order chi connectivity index (χ1) is 14.8. The SMILES string of the molecule is CC(C)(C)OC(=O)N1CCC(CCOc2cc(OCc3ccccc3)ccc2N)CC1. The molecule has 168 valence electrons.